The third kappa shape index (κ3) is 4.25. The number of aromatic nitrogens is 3. The highest BCUT2D eigenvalue weighted by molar-refractivity contribution is 8.00. The van der Waals surface area contributed by atoms with E-state index in [-0.39, 0.29) is 11.7 Å². The largest absolute Gasteiger partial charge is 0.324 e. The summed E-state index contributed by atoms with van der Waals surface area (Å²) in [6, 6.07) is 12.9. The highest BCUT2D eigenvalue weighted by Gasteiger charge is 2.06. The minimum absolute atomic E-state index is 0.109. The number of nitriles is 1. The summed E-state index contributed by atoms with van der Waals surface area (Å²) in [6.45, 7) is 1.90. The smallest absolute Gasteiger partial charge is 0.234 e. The Kier molecular flexibility index (Phi) is 5.11. The van der Waals surface area contributed by atoms with E-state index >= 15 is 0 Å². The first-order chi connectivity index (χ1) is 12.2. The van der Waals surface area contributed by atoms with E-state index in [2.05, 4.69) is 21.4 Å². The molecule has 0 spiro atoms. The van der Waals surface area contributed by atoms with Crippen LogP contribution in [0.2, 0.25) is 0 Å². The maximum Gasteiger partial charge on any atom is 0.234 e. The molecule has 1 amide bonds. The molecule has 7 heteroatoms. The van der Waals surface area contributed by atoms with E-state index in [4.69, 9.17) is 5.26 Å². The molecule has 0 aliphatic heterocycles. The second-order valence-corrected chi connectivity index (χ2v) is 6.27. The summed E-state index contributed by atoms with van der Waals surface area (Å²) in [6.07, 6.45) is 5.18. The van der Waals surface area contributed by atoms with Gasteiger partial charge in [0, 0.05) is 17.3 Å². The topological polar surface area (TPSA) is 83.6 Å². The number of carbonyl (C=O) groups excluding carboxylic acids is 1. The van der Waals surface area contributed by atoms with Crippen molar-refractivity contribution in [2.75, 3.05) is 11.1 Å². The van der Waals surface area contributed by atoms with E-state index < -0.39 is 0 Å². The lowest BCUT2D eigenvalue weighted by Gasteiger charge is -2.07. The van der Waals surface area contributed by atoms with Gasteiger partial charge in [0.15, 0.2) is 0 Å². The molecular weight excluding hydrogens is 334 g/mol. The SMILES string of the molecule is Cc1nccn1-c1ccc(NC(=O)CSc2ccc(C#N)cc2)cn1. The molecule has 0 fully saturated rings. The summed E-state index contributed by atoms with van der Waals surface area (Å²) in [5, 5.41) is 11.6. The van der Waals surface area contributed by atoms with Crippen LogP contribution >= 0.6 is 11.8 Å². The van der Waals surface area contributed by atoms with Gasteiger partial charge in [-0.25, -0.2) is 9.97 Å². The standard InChI is InChI=1S/C18H15N5OS/c1-13-20-8-9-23(13)17-7-4-15(11-21-17)22-18(24)12-25-16-5-2-14(10-19)3-6-16/h2-9,11H,12H2,1H3,(H,22,24). The number of anilines is 1. The molecule has 0 atom stereocenters. The van der Waals surface area contributed by atoms with Crippen molar-refractivity contribution in [1.29, 1.82) is 5.26 Å². The Labute approximate surface area is 149 Å². The third-order valence-electron chi connectivity index (χ3n) is 3.46. The van der Waals surface area contributed by atoms with Crippen LogP contribution in [0.3, 0.4) is 0 Å². The van der Waals surface area contributed by atoms with Gasteiger partial charge in [-0.1, -0.05) is 0 Å². The first-order valence-electron chi connectivity index (χ1n) is 7.55. The van der Waals surface area contributed by atoms with Gasteiger partial charge < -0.3 is 5.32 Å². The van der Waals surface area contributed by atoms with E-state index in [1.807, 2.05) is 42.0 Å². The van der Waals surface area contributed by atoms with E-state index in [9.17, 15) is 4.79 Å². The maximum absolute atomic E-state index is 12.0. The molecule has 0 saturated heterocycles. The van der Waals surface area contributed by atoms with Crippen molar-refractivity contribution in [2.45, 2.75) is 11.8 Å². The molecule has 0 aliphatic carbocycles. The molecule has 0 aliphatic rings. The molecular formula is C18H15N5OS. The Bertz CT molecular complexity index is 910. The van der Waals surface area contributed by atoms with Crippen LogP contribution < -0.4 is 5.32 Å². The number of amides is 1. The number of aryl methyl sites for hydroxylation is 1. The first kappa shape index (κ1) is 16.7. The monoisotopic (exact) mass is 349 g/mol. The number of nitrogens with one attached hydrogen (secondary N) is 1. The fourth-order valence-corrected chi connectivity index (χ4v) is 2.89. The fourth-order valence-electron chi connectivity index (χ4n) is 2.19. The molecule has 3 rings (SSSR count). The average Bonchev–Trinajstić information content (AvgIpc) is 3.07. The van der Waals surface area contributed by atoms with Crippen LogP contribution in [0.4, 0.5) is 5.69 Å². The van der Waals surface area contributed by atoms with Crippen LogP contribution in [0, 0.1) is 18.3 Å². The van der Waals surface area contributed by atoms with Crippen molar-refractivity contribution in [1.82, 2.24) is 14.5 Å². The lowest BCUT2D eigenvalue weighted by Crippen LogP contribution is -2.14. The van der Waals surface area contributed by atoms with Crippen molar-refractivity contribution >= 4 is 23.4 Å². The van der Waals surface area contributed by atoms with Crippen LogP contribution in [-0.4, -0.2) is 26.2 Å². The predicted molar refractivity (Wildman–Crippen MR) is 96.6 cm³/mol. The molecule has 25 heavy (non-hydrogen) atoms. The minimum Gasteiger partial charge on any atom is -0.324 e. The molecule has 0 saturated carbocycles. The zero-order valence-electron chi connectivity index (χ0n) is 13.5. The average molecular weight is 349 g/mol. The summed E-state index contributed by atoms with van der Waals surface area (Å²) in [5.74, 6) is 1.78. The zero-order valence-corrected chi connectivity index (χ0v) is 14.3. The number of benzene rings is 1. The highest BCUT2D eigenvalue weighted by atomic mass is 32.2. The fraction of sp³-hybridized carbons (Fsp3) is 0.111. The second-order valence-electron chi connectivity index (χ2n) is 5.22. The lowest BCUT2D eigenvalue weighted by atomic mass is 10.2. The van der Waals surface area contributed by atoms with Gasteiger partial charge in [-0.3, -0.25) is 9.36 Å². The van der Waals surface area contributed by atoms with Crippen molar-refractivity contribution in [3.05, 3.63) is 66.4 Å². The molecule has 2 aromatic heterocycles. The zero-order chi connectivity index (χ0) is 17.6. The summed E-state index contributed by atoms with van der Waals surface area (Å²) < 4.78 is 1.87. The third-order valence-corrected chi connectivity index (χ3v) is 4.47. The second kappa shape index (κ2) is 7.64. The normalized spacial score (nSPS) is 10.2. The van der Waals surface area contributed by atoms with Crippen LogP contribution in [0.5, 0.6) is 0 Å². The van der Waals surface area contributed by atoms with Crippen molar-refractivity contribution < 1.29 is 4.79 Å². The van der Waals surface area contributed by atoms with Gasteiger partial charge in [-0.2, -0.15) is 5.26 Å². The Hall–Kier alpha value is -3.11. The lowest BCUT2D eigenvalue weighted by molar-refractivity contribution is -0.113. The number of pyridine rings is 1. The number of imidazole rings is 1. The maximum atomic E-state index is 12.0. The summed E-state index contributed by atoms with van der Waals surface area (Å²) in [5.41, 5.74) is 1.25. The number of carbonyl (C=O) groups is 1. The van der Waals surface area contributed by atoms with Gasteiger partial charge >= 0.3 is 0 Å². The molecule has 6 nitrogen and oxygen atoms in total. The van der Waals surface area contributed by atoms with Crippen LogP contribution in [0.15, 0.2) is 59.9 Å². The molecule has 0 unspecified atom stereocenters. The quantitative estimate of drug-likeness (QED) is 0.715. The minimum atomic E-state index is -0.109. The Morgan fingerprint density at radius 2 is 2.04 bits per heavy atom. The molecule has 1 aromatic carbocycles. The van der Waals surface area contributed by atoms with Gasteiger partial charge in [0.25, 0.3) is 0 Å². The highest BCUT2D eigenvalue weighted by Crippen LogP contribution is 2.19. The van der Waals surface area contributed by atoms with Gasteiger partial charge in [0.2, 0.25) is 5.91 Å². The number of hydrogen-bond donors (Lipinski definition) is 1. The molecule has 0 bridgehead atoms. The Morgan fingerprint density at radius 3 is 2.64 bits per heavy atom. The van der Waals surface area contributed by atoms with E-state index in [1.165, 1.54) is 11.8 Å². The number of rotatable bonds is 5. The summed E-state index contributed by atoms with van der Waals surface area (Å²) in [7, 11) is 0. The van der Waals surface area contributed by atoms with Crippen LogP contribution in [0.25, 0.3) is 5.82 Å². The molecule has 2 heterocycles. The van der Waals surface area contributed by atoms with Gasteiger partial charge in [0.1, 0.15) is 11.6 Å². The molecule has 1 N–H and O–H groups in total. The van der Waals surface area contributed by atoms with Crippen molar-refractivity contribution in [3.63, 3.8) is 0 Å². The van der Waals surface area contributed by atoms with E-state index in [1.54, 1.807) is 24.5 Å². The summed E-state index contributed by atoms with van der Waals surface area (Å²) >= 11 is 1.42. The van der Waals surface area contributed by atoms with Gasteiger partial charge in [-0.15, -0.1) is 11.8 Å². The van der Waals surface area contributed by atoms with Gasteiger partial charge in [0.05, 0.1) is 29.3 Å². The van der Waals surface area contributed by atoms with Crippen LogP contribution in [0.1, 0.15) is 11.4 Å². The van der Waals surface area contributed by atoms with Gasteiger partial charge in [-0.05, 0) is 43.3 Å². The van der Waals surface area contributed by atoms with E-state index in [0.717, 1.165) is 16.5 Å². The van der Waals surface area contributed by atoms with Crippen molar-refractivity contribution in [2.24, 2.45) is 0 Å². The predicted octanol–water partition coefficient (Wildman–Crippen LogP) is 3.18. The van der Waals surface area contributed by atoms with Crippen LogP contribution in [-0.2, 0) is 4.79 Å². The molecule has 124 valence electrons. The Balaban J connectivity index is 1.55. The molecule has 3 aromatic rings. The van der Waals surface area contributed by atoms with E-state index in [0.29, 0.717) is 11.3 Å². The number of hydrogen-bond acceptors (Lipinski definition) is 5. The summed E-state index contributed by atoms with van der Waals surface area (Å²) in [4.78, 5) is 21.5. The first-order valence-corrected chi connectivity index (χ1v) is 8.53. The Morgan fingerprint density at radius 1 is 1.24 bits per heavy atom. The van der Waals surface area contributed by atoms with Crippen molar-refractivity contribution in [3.8, 4) is 11.9 Å². The number of nitrogens with zero attached hydrogens (tertiary/aromatic N) is 4. The number of thioether (sulfide) groups is 1. The molecule has 0 radical (unpaired) electrons.